The van der Waals surface area contributed by atoms with Gasteiger partial charge >= 0.3 is 0 Å². The Morgan fingerprint density at radius 3 is 2.70 bits per heavy atom. The summed E-state index contributed by atoms with van der Waals surface area (Å²) >= 11 is 1.58. The van der Waals surface area contributed by atoms with Gasteiger partial charge in [-0.15, -0.1) is 11.8 Å². The average Bonchev–Trinajstić information content (AvgIpc) is 3.09. The summed E-state index contributed by atoms with van der Waals surface area (Å²) in [5, 5.41) is 2.95. The predicted molar refractivity (Wildman–Crippen MR) is 109 cm³/mol. The van der Waals surface area contributed by atoms with Crippen molar-refractivity contribution in [3.05, 3.63) is 29.8 Å². The second kappa shape index (κ2) is 9.17. The van der Waals surface area contributed by atoms with Gasteiger partial charge in [0.05, 0.1) is 19.6 Å². The first-order chi connectivity index (χ1) is 12.7. The number of hydrogen-bond donors (Lipinski definition) is 1. The summed E-state index contributed by atoms with van der Waals surface area (Å²) in [6, 6.07) is 5.05. The zero-order chi connectivity index (χ0) is 20.0. The van der Waals surface area contributed by atoms with E-state index in [4.69, 9.17) is 9.47 Å². The van der Waals surface area contributed by atoms with Crippen molar-refractivity contribution in [2.24, 2.45) is 0 Å². The van der Waals surface area contributed by atoms with Crippen LogP contribution in [0.15, 0.2) is 24.3 Å². The summed E-state index contributed by atoms with van der Waals surface area (Å²) in [7, 11) is 1.59. The van der Waals surface area contributed by atoms with E-state index in [0.29, 0.717) is 29.7 Å². The number of carbonyl (C=O) groups excluding carboxylic acids is 2. The molecule has 2 rings (SSSR count). The van der Waals surface area contributed by atoms with E-state index < -0.39 is 6.04 Å². The number of methoxy groups -OCH3 is 1. The fourth-order valence-electron chi connectivity index (χ4n) is 2.66. The van der Waals surface area contributed by atoms with Crippen LogP contribution >= 0.6 is 11.8 Å². The Labute approximate surface area is 165 Å². The third kappa shape index (κ3) is 5.92. The first-order valence-electron chi connectivity index (χ1n) is 8.94. The van der Waals surface area contributed by atoms with Gasteiger partial charge in [0.15, 0.2) is 11.5 Å². The van der Waals surface area contributed by atoms with E-state index in [1.807, 2.05) is 39.8 Å². The molecule has 6 nitrogen and oxygen atoms in total. The molecule has 1 unspecified atom stereocenters. The Balaban J connectivity index is 2.09. The number of amides is 2. The first-order valence-corrected chi connectivity index (χ1v) is 10.1. The summed E-state index contributed by atoms with van der Waals surface area (Å²) < 4.78 is 10.8. The van der Waals surface area contributed by atoms with Crippen LogP contribution in [0.5, 0.6) is 11.5 Å². The maximum atomic E-state index is 12.6. The minimum absolute atomic E-state index is 0.114. The molecule has 1 fully saturated rings. The van der Waals surface area contributed by atoms with E-state index in [-0.39, 0.29) is 17.4 Å². The monoisotopic (exact) mass is 392 g/mol. The lowest BCUT2D eigenvalue weighted by molar-refractivity contribution is -0.135. The van der Waals surface area contributed by atoms with E-state index in [9.17, 15) is 9.59 Å². The highest BCUT2D eigenvalue weighted by molar-refractivity contribution is 7.99. The van der Waals surface area contributed by atoms with Crippen LogP contribution in [0.3, 0.4) is 0 Å². The van der Waals surface area contributed by atoms with Crippen LogP contribution in [0.1, 0.15) is 33.3 Å². The minimum atomic E-state index is -0.443. The molecule has 148 valence electrons. The Bertz CT molecular complexity index is 712. The Morgan fingerprint density at radius 1 is 1.33 bits per heavy atom. The second-order valence-corrected chi connectivity index (χ2v) is 8.24. The Kier molecular flexibility index (Phi) is 7.18. The second-order valence-electron chi connectivity index (χ2n) is 7.24. The molecule has 7 heteroatoms. The summed E-state index contributed by atoms with van der Waals surface area (Å²) in [6.45, 7) is 8.22. The molecule has 0 aromatic heterocycles. The van der Waals surface area contributed by atoms with Crippen molar-refractivity contribution in [3.63, 3.8) is 0 Å². The fraction of sp³-hybridized carbons (Fsp3) is 0.500. The fourth-order valence-corrected chi connectivity index (χ4v) is 3.82. The average molecular weight is 393 g/mol. The predicted octanol–water partition coefficient (Wildman–Crippen LogP) is 2.92. The van der Waals surface area contributed by atoms with Gasteiger partial charge in [0.25, 0.3) is 0 Å². The number of nitrogens with one attached hydrogen (secondary N) is 1. The molecular formula is C20H28N2O4S. The molecule has 1 aliphatic heterocycles. The van der Waals surface area contributed by atoms with E-state index in [1.165, 1.54) is 6.08 Å². The SMILES string of the molecule is CCOc1cc(/C=C/C(=O)N2CSCC2C(=O)NC(C)(C)C)ccc1OC. The number of benzene rings is 1. The largest absolute Gasteiger partial charge is 0.493 e. The quantitative estimate of drug-likeness (QED) is 0.754. The molecule has 2 amide bonds. The Hall–Kier alpha value is -2.15. The molecule has 0 saturated carbocycles. The highest BCUT2D eigenvalue weighted by atomic mass is 32.2. The lowest BCUT2D eigenvalue weighted by Crippen LogP contribution is -2.52. The standard InChI is InChI=1S/C20H28N2O4S/c1-6-26-17-11-14(7-9-16(17)25-5)8-10-18(23)22-13-27-12-15(22)19(24)21-20(2,3)4/h7-11,15H,6,12-13H2,1-5H3,(H,21,24)/b10-8+. The lowest BCUT2D eigenvalue weighted by atomic mass is 10.1. The molecule has 1 aliphatic rings. The van der Waals surface area contributed by atoms with Crippen LogP contribution < -0.4 is 14.8 Å². The molecule has 0 radical (unpaired) electrons. The summed E-state index contributed by atoms with van der Waals surface area (Å²) in [4.78, 5) is 26.7. The topological polar surface area (TPSA) is 67.9 Å². The van der Waals surface area contributed by atoms with Crippen LogP contribution in [0.4, 0.5) is 0 Å². The van der Waals surface area contributed by atoms with E-state index in [0.717, 1.165) is 5.56 Å². The van der Waals surface area contributed by atoms with E-state index >= 15 is 0 Å². The molecule has 1 aromatic rings. The molecule has 0 bridgehead atoms. The molecule has 27 heavy (non-hydrogen) atoms. The van der Waals surface area contributed by atoms with Gasteiger partial charge in [0.2, 0.25) is 11.8 Å². The van der Waals surface area contributed by atoms with Crippen molar-refractivity contribution in [1.82, 2.24) is 10.2 Å². The van der Waals surface area contributed by atoms with E-state index in [2.05, 4.69) is 5.32 Å². The van der Waals surface area contributed by atoms with Crippen molar-refractivity contribution in [2.45, 2.75) is 39.3 Å². The molecule has 1 N–H and O–H groups in total. The van der Waals surface area contributed by atoms with Gasteiger partial charge in [-0.3, -0.25) is 9.59 Å². The van der Waals surface area contributed by atoms with Crippen molar-refractivity contribution in [2.75, 3.05) is 25.3 Å². The van der Waals surface area contributed by atoms with Gasteiger partial charge in [0, 0.05) is 17.4 Å². The maximum Gasteiger partial charge on any atom is 0.247 e. The number of thioether (sulfide) groups is 1. The van der Waals surface area contributed by atoms with Crippen molar-refractivity contribution < 1.29 is 19.1 Å². The lowest BCUT2D eigenvalue weighted by Gasteiger charge is -2.27. The van der Waals surface area contributed by atoms with Gasteiger partial charge in [-0.2, -0.15) is 0 Å². The molecule has 1 saturated heterocycles. The highest BCUT2D eigenvalue weighted by Gasteiger charge is 2.35. The van der Waals surface area contributed by atoms with Gasteiger partial charge < -0.3 is 19.7 Å². The van der Waals surface area contributed by atoms with Crippen LogP contribution in [0, 0.1) is 0 Å². The smallest absolute Gasteiger partial charge is 0.247 e. The van der Waals surface area contributed by atoms with Crippen molar-refractivity contribution in [3.8, 4) is 11.5 Å². The van der Waals surface area contributed by atoms with Crippen molar-refractivity contribution in [1.29, 1.82) is 0 Å². The number of hydrogen-bond acceptors (Lipinski definition) is 5. The van der Waals surface area contributed by atoms with Gasteiger partial charge in [-0.05, 0) is 51.5 Å². The van der Waals surface area contributed by atoms with Crippen LogP contribution in [0.25, 0.3) is 6.08 Å². The highest BCUT2D eigenvalue weighted by Crippen LogP contribution is 2.29. The minimum Gasteiger partial charge on any atom is -0.493 e. The summed E-state index contributed by atoms with van der Waals surface area (Å²) in [6.07, 6.45) is 3.23. The number of nitrogens with zero attached hydrogens (tertiary/aromatic N) is 1. The van der Waals surface area contributed by atoms with Gasteiger partial charge in [0.1, 0.15) is 6.04 Å². The molecule has 0 spiro atoms. The molecule has 0 aliphatic carbocycles. The van der Waals surface area contributed by atoms with Crippen LogP contribution in [-0.2, 0) is 9.59 Å². The van der Waals surface area contributed by atoms with Crippen molar-refractivity contribution >= 4 is 29.7 Å². The molecule has 1 atom stereocenters. The van der Waals surface area contributed by atoms with Crippen LogP contribution in [-0.4, -0.2) is 53.6 Å². The normalized spacial score (nSPS) is 17.2. The first kappa shape index (κ1) is 21.2. The maximum absolute atomic E-state index is 12.6. The Morgan fingerprint density at radius 2 is 2.07 bits per heavy atom. The number of ether oxygens (including phenoxy) is 2. The zero-order valence-electron chi connectivity index (χ0n) is 16.6. The zero-order valence-corrected chi connectivity index (χ0v) is 17.4. The van der Waals surface area contributed by atoms with E-state index in [1.54, 1.807) is 35.9 Å². The molecule has 1 heterocycles. The van der Waals surface area contributed by atoms with Crippen LogP contribution in [0.2, 0.25) is 0 Å². The summed E-state index contributed by atoms with van der Waals surface area (Å²) in [5.41, 5.74) is 0.503. The molecular weight excluding hydrogens is 364 g/mol. The third-order valence-corrected chi connectivity index (χ3v) is 4.88. The number of carbonyl (C=O) groups is 2. The van der Waals surface area contributed by atoms with Gasteiger partial charge in [-0.25, -0.2) is 0 Å². The number of rotatable bonds is 6. The summed E-state index contributed by atoms with van der Waals surface area (Å²) in [5.74, 6) is 2.11. The molecule has 1 aromatic carbocycles. The third-order valence-electron chi connectivity index (χ3n) is 3.87. The van der Waals surface area contributed by atoms with Gasteiger partial charge in [-0.1, -0.05) is 6.07 Å².